The van der Waals surface area contributed by atoms with Crippen LogP contribution in [0.1, 0.15) is 35.0 Å². The fraction of sp³-hybridized carbons (Fsp3) is 0.421. The second-order valence-electron chi connectivity index (χ2n) is 6.86. The molecule has 0 bridgehead atoms. The predicted molar refractivity (Wildman–Crippen MR) is 102 cm³/mol. The van der Waals surface area contributed by atoms with Gasteiger partial charge in [-0.25, -0.2) is 9.97 Å². The average Bonchev–Trinajstić information content (AvgIpc) is 3.28. The molecule has 1 aromatic carbocycles. The molecule has 0 aliphatic carbocycles. The molecule has 1 atom stereocenters. The molecule has 3 aromatic rings. The molecule has 0 spiro atoms. The number of rotatable bonds is 5. The first kappa shape index (κ1) is 16.8. The topological polar surface area (TPSA) is 102 Å². The first-order chi connectivity index (χ1) is 12.6. The van der Waals surface area contributed by atoms with Gasteiger partial charge in [0.25, 0.3) is 0 Å². The number of nitrogens with zero attached hydrogens (tertiary/aromatic N) is 3. The zero-order chi connectivity index (χ0) is 18.1. The van der Waals surface area contributed by atoms with E-state index in [4.69, 9.17) is 15.5 Å². The number of nitrogens with one attached hydrogen (secondary N) is 2. The van der Waals surface area contributed by atoms with Crippen molar-refractivity contribution in [2.24, 2.45) is 0 Å². The maximum Gasteiger partial charge on any atom is 0.222 e. The zero-order valence-corrected chi connectivity index (χ0v) is 15.2. The van der Waals surface area contributed by atoms with E-state index in [-0.39, 0.29) is 0 Å². The van der Waals surface area contributed by atoms with Gasteiger partial charge >= 0.3 is 0 Å². The van der Waals surface area contributed by atoms with Gasteiger partial charge in [0.05, 0.1) is 23.3 Å². The van der Waals surface area contributed by atoms with E-state index < -0.39 is 0 Å². The van der Waals surface area contributed by atoms with Crippen LogP contribution in [0.15, 0.2) is 18.2 Å². The van der Waals surface area contributed by atoms with Crippen LogP contribution >= 0.6 is 0 Å². The Labute approximate surface area is 152 Å². The zero-order valence-electron chi connectivity index (χ0n) is 15.2. The first-order valence-electron chi connectivity index (χ1n) is 9.01. The van der Waals surface area contributed by atoms with Gasteiger partial charge in [-0.1, -0.05) is 6.07 Å². The van der Waals surface area contributed by atoms with E-state index in [1.807, 2.05) is 6.07 Å². The van der Waals surface area contributed by atoms with Crippen LogP contribution in [0, 0.1) is 13.8 Å². The third-order valence-corrected chi connectivity index (χ3v) is 5.01. The van der Waals surface area contributed by atoms with Gasteiger partial charge in [0.2, 0.25) is 5.95 Å². The van der Waals surface area contributed by atoms with E-state index in [1.165, 1.54) is 11.1 Å². The molecule has 1 fully saturated rings. The minimum Gasteiger partial charge on any atom is -0.381 e. The number of H-pyrrole nitrogens is 1. The summed E-state index contributed by atoms with van der Waals surface area (Å²) in [6.45, 7) is 6.42. The highest BCUT2D eigenvalue weighted by molar-refractivity contribution is 5.79. The molecule has 3 heterocycles. The van der Waals surface area contributed by atoms with E-state index in [0.717, 1.165) is 54.4 Å². The fourth-order valence-electron chi connectivity index (χ4n) is 3.34. The van der Waals surface area contributed by atoms with Crippen LogP contribution in [0.3, 0.4) is 0 Å². The van der Waals surface area contributed by atoms with Gasteiger partial charge in [-0.3, -0.25) is 0 Å². The molecule has 7 nitrogen and oxygen atoms in total. The smallest absolute Gasteiger partial charge is 0.222 e. The van der Waals surface area contributed by atoms with Crippen LogP contribution in [0.2, 0.25) is 0 Å². The predicted octanol–water partition coefficient (Wildman–Crippen LogP) is 2.71. The van der Waals surface area contributed by atoms with E-state index >= 15 is 0 Å². The number of anilines is 2. The van der Waals surface area contributed by atoms with Crippen molar-refractivity contribution >= 4 is 22.8 Å². The Bertz CT molecular complexity index is 929. The van der Waals surface area contributed by atoms with E-state index in [1.54, 1.807) is 0 Å². The number of ether oxygens (including phenoxy) is 1. The standard InChI is InChI=1S/C19H24N6O/c1-11-3-4-14-18(12(11)2)24-16(22-14)5-7-21-17-9-15(23-19(20)25-17)13-6-8-26-10-13/h3-4,9,13H,5-8,10H2,1-2H3,(H,22,24)(H3,20,21,23,25)/t13-/m1/s1. The van der Waals surface area contributed by atoms with Crippen molar-refractivity contribution in [1.29, 1.82) is 0 Å². The molecular formula is C19H24N6O. The lowest BCUT2D eigenvalue weighted by Gasteiger charge is -2.11. The van der Waals surface area contributed by atoms with Crippen LogP contribution in [0.4, 0.5) is 11.8 Å². The molecule has 26 heavy (non-hydrogen) atoms. The van der Waals surface area contributed by atoms with Crippen LogP contribution in [-0.4, -0.2) is 39.7 Å². The molecule has 2 aromatic heterocycles. The van der Waals surface area contributed by atoms with Gasteiger partial charge in [0.1, 0.15) is 11.6 Å². The van der Waals surface area contributed by atoms with Crippen molar-refractivity contribution in [2.45, 2.75) is 32.6 Å². The van der Waals surface area contributed by atoms with Crippen molar-refractivity contribution < 1.29 is 4.74 Å². The van der Waals surface area contributed by atoms with Crippen LogP contribution in [0.25, 0.3) is 11.0 Å². The van der Waals surface area contributed by atoms with Crippen molar-refractivity contribution in [3.8, 4) is 0 Å². The lowest BCUT2D eigenvalue weighted by Crippen LogP contribution is -2.11. The third kappa shape index (κ3) is 3.35. The quantitative estimate of drug-likeness (QED) is 0.652. The Hall–Kier alpha value is -2.67. The van der Waals surface area contributed by atoms with Crippen molar-refractivity contribution in [3.63, 3.8) is 0 Å². The van der Waals surface area contributed by atoms with Gasteiger partial charge in [-0.05, 0) is 37.5 Å². The minimum absolute atomic E-state index is 0.298. The lowest BCUT2D eigenvalue weighted by molar-refractivity contribution is 0.193. The van der Waals surface area contributed by atoms with Crippen molar-refractivity contribution in [2.75, 3.05) is 30.8 Å². The molecule has 1 aliphatic rings. The summed E-state index contributed by atoms with van der Waals surface area (Å²) >= 11 is 0. The maximum atomic E-state index is 5.87. The van der Waals surface area contributed by atoms with Gasteiger partial charge in [0.15, 0.2) is 0 Å². The van der Waals surface area contributed by atoms with E-state index in [2.05, 4.69) is 46.2 Å². The average molecular weight is 352 g/mol. The van der Waals surface area contributed by atoms with Crippen LogP contribution in [-0.2, 0) is 11.2 Å². The number of aromatic nitrogens is 4. The van der Waals surface area contributed by atoms with Gasteiger partial charge in [-0.2, -0.15) is 4.98 Å². The SMILES string of the molecule is Cc1ccc2[nH]c(CCNc3cc([C@@H]4CCOC4)nc(N)n3)nc2c1C. The Morgan fingerprint density at radius 1 is 1.27 bits per heavy atom. The number of aromatic amines is 1. The number of nitrogens with two attached hydrogens (primary N) is 1. The fourth-order valence-corrected chi connectivity index (χ4v) is 3.34. The molecule has 0 amide bonds. The second-order valence-corrected chi connectivity index (χ2v) is 6.86. The third-order valence-electron chi connectivity index (χ3n) is 5.01. The number of hydrogen-bond acceptors (Lipinski definition) is 6. The molecule has 1 aliphatic heterocycles. The molecule has 0 saturated carbocycles. The number of nitrogen functional groups attached to an aromatic ring is 1. The summed E-state index contributed by atoms with van der Waals surface area (Å²) in [5, 5.41) is 3.34. The molecule has 4 N–H and O–H groups in total. The van der Waals surface area contributed by atoms with Crippen molar-refractivity contribution in [3.05, 3.63) is 40.8 Å². The molecule has 0 radical (unpaired) electrons. The van der Waals surface area contributed by atoms with Gasteiger partial charge < -0.3 is 20.8 Å². The first-order valence-corrected chi connectivity index (χ1v) is 9.01. The largest absolute Gasteiger partial charge is 0.381 e. The summed E-state index contributed by atoms with van der Waals surface area (Å²) in [4.78, 5) is 16.8. The molecule has 136 valence electrons. The summed E-state index contributed by atoms with van der Waals surface area (Å²) < 4.78 is 5.44. The number of benzene rings is 1. The van der Waals surface area contributed by atoms with Crippen LogP contribution < -0.4 is 11.1 Å². The summed E-state index contributed by atoms with van der Waals surface area (Å²) in [5.41, 5.74) is 11.4. The maximum absolute atomic E-state index is 5.87. The van der Waals surface area contributed by atoms with Gasteiger partial charge in [-0.15, -0.1) is 0 Å². The Morgan fingerprint density at radius 2 is 2.15 bits per heavy atom. The Morgan fingerprint density at radius 3 is 2.96 bits per heavy atom. The summed E-state index contributed by atoms with van der Waals surface area (Å²) in [7, 11) is 0. The van der Waals surface area contributed by atoms with Crippen molar-refractivity contribution in [1.82, 2.24) is 19.9 Å². The molecule has 7 heteroatoms. The number of hydrogen-bond donors (Lipinski definition) is 3. The van der Waals surface area contributed by atoms with Crippen LogP contribution in [0.5, 0.6) is 0 Å². The highest BCUT2D eigenvalue weighted by atomic mass is 16.5. The Balaban J connectivity index is 1.44. The van der Waals surface area contributed by atoms with Gasteiger partial charge in [0, 0.05) is 31.6 Å². The minimum atomic E-state index is 0.298. The number of aryl methyl sites for hydroxylation is 2. The molecule has 4 rings (SSSR count). The molecule has 1 saturated heterocycles. The number of imidazole rings is 1. The number of fused-ring (bicyclic) bond motifs is 1. The highest BCUT2D eigenvalue weighted by Gasteiger charge is 2.20. The summed E-state index contributed by atoms with van der Waals surface area (Å²) in [6, 6.07) is 6.18. The molecule has 0 unspecified atom stereocenters. The summed E-state index contributed by atoms with van der Waals surface area (Å²) in [6.07, 6.45) is 1.76. The normalized spacial score (nSPS) is 17.1. The second kappa shape index (κ2) is 6.92. The van der Waals surface area contributed by atoms with E-state index in [0.29, 0.717) is 18.5 Å². The molecular weight excluding hydrogens is 328 g/mol. The Kier molecular flexibility index (Phi) is 4.46. The lowest BCUT2D eigenvalue weighted by atomic mass is 10.0. The monoisotopic (exact) mass is 352 g/mol. The summed E-state index contributed by atoms with van der Waals surface area (Å²) in [5.74, 6) is 2.32. The highest BCUT2D eigenvalue weighted by Crippen LogP contribution is 2.25. The van der Waals surface area contributed by atoms with E-state index in [9.17, 15) is 0 Å².